The molecule has 1 aromatic heterocycles. The molecular weight excluding hydrogens is 282 g/mol. The Bertz CT molecular complexity index is 492. The zero-order chi connectivity index (χ0) is 15.1. The van der Waals surface area contributed by atoms with Crippen LogP contribution in [0.3, 0.4) is 0 Å². The van der Waals surface area contributed by atoms with Gasteiger partial charge >= 0.3 is 5.97 Å². The third kappa shape index (κ3) is 4.19. The Morgan fingerprint density at radius 3 is 2.60 bits per heavy atom. The van der Waals surface area contributed by atoms with Crippen molar-refractivity contribution in [2.45, 2.75) is 12.7 Å². The number of hydrogen-bond acceptors (Lipinski definition) is 6. The molecule has 7 heteroatoms. The lowest BCUT2D eigenvalue weighted by Gasteiger charge is -2.12. The molecule has 0 fully saturated rings. The van der Waals surface area contributed by atoms with Gasteiger partial charge in [-0.15, -0.1) is 0 Å². The van der Waals surface area contributed by atoms with Gasteiger partial charge in [0.15, 0.2) is 11.5 Å². The van der Waals surface area contributed by atoms with E-state index < -0.39 is 16.7 Å². The lowest BCUT2D eigenvalue weighted by molar-refractivity contribution is -0.144. The SMILES string of the molecule is COC(=O)C(C)CS(=O)Cc1nccc(OC)c1OC. The van der Waals surface area contributed by atoms with Crippen molar-refractivity contribution >= 4 is 16.8 Å². The van der Waals surface area contributed by atoms with E-state index in [1.807, 2.05) is 0 Å². The molecule has 1 rings (SSSR count). The molecule has 1 heterocycles. The fourth-order valence-electron chi connectivity index (χ4n) is 1.71. The summed E-state index contributed by atoms with van der Waals surface area (Å²) in [5, 5.41) is 0. The lowest BCUT2D eigenvalue weighted by Crippen LogP contribution is -2.20. The van der Waals surface area contributed by atoms with Crippen molar-refractivity contribution < 1.29 is 23.2 Å². The van der Waals surface area contributed by atoms with E-state index in [2.05, 4.69) is 9.72 Å². The second-order valence-corrected chi connectivity index (χ2v) is 5.67. The first-order valence-corrected chi connectivity index (χ1v) is 7.50. The van der Waals surface area contributed by atoms with Crippen LogP contribution in [-0.2, 0) is 26.1 Å². The summed E-state index contributed by atoms with van der Waals surface area (Å²) in [4.78, 5) is 15.5. The van der Waals surface area contributed by atoms with Crippen LogP contribution >= 0.6 is 0 Å². The molecule has 6 nitrogen and oxygen atoms in total. The van der Waals surface area contributed by atoms with E-state index in [0.29, 0.717) is 17.2 Å². The van der Waals surface area contributed by atoms with E-state index in [1.54, 1.807) is 19.2 Å². The van der Waals surface area contributed by atoms with Gasteiger partial charge in [-0.3, -0.25) is 14.0 Å². The molecule has 0 spiro atoms. The van der Waals surface area contributed by atoms with E-state index in [1.165, 1.54) is 21.3 Å². The van der Waals surface area contributed by atoms with Crippen LogP contribution in [0.5, 0.6) is 11.5 Å². The second-order valence-electron chi connectivity index (χ2n) is 4.17. The first-order chi connectivity index (χ1) is 9.53. The number of methoxy groups -OCH3 is 3. The molecule has 0 N–H and O–H groups in total. The number of esters is 1. The predicted octanol–water partition coefficient (Wildman–Crippen LogP) is 1.16. The molecule has 0 saturated carbocycles. The smallest absolute Gasteiger partial charge is 0.309 e. The molecular formula is C13H19NO5S. The second kappa shape index (κ2) is 7.84. The predicted molar refractivity (Wildman–Crippen MR) is 75.2 cm³/mol. The van der Waals surface area contributed by atoms with Gasteiger partial charge in [0.05, 0.1) is 38.7 Å². The highest BCUT2D eigenvalue weighted by atomic mass is 32.2. The van der Waals surface area contributed by atoms with Crippen LogP contribution in [0.15, 0.2) is 12.3 Å². The van der Waals surface area contributed by atoms with Crippen LogP contribution in [0.4, 0.5) is 0 Å². The minimum atomic E-state index is -1.24. The summed E-state index contributed by atoms with van der Waals surface area (Å²) >= 11 is 0. The van der Waals surface area contributed by atoms with Crippen molar-refractivity contribution in [3.8, 4) is 11.5 Å². The number of pyridine rings is 1. The van der Waals surface area contributed by atoms with E-state index in [-0.39, 0.29) is 17.5 Å². The molecule has 20 heavy (non-hydrogen) atoms. The molecule has 1 aromatic rings. The third-order valence-electron chi connectivity index (χ3n) is 2.70. The minimum absolute atomic E-state index is 0.196. The molecule has 0 aliphatic heterocycles. The summed E-state index contributed by atoms with van der Waals surface area (Å²) in [6.45, 7) is 1.68. The summed E-state index contributed by atoms with van der Waals surface area (Å²) in [6.07, 6.45) is 1.57. The molecule has 0 aliphatic rings. The molecule has 2 unspecified atom stereocenters. The van der Waals surface area contributed by atoms with Gasteiger partial charge in [0.25, 0.3) is 0 Å². The standard InChI is InChI=1S/C13H19NO5S/c1-9(13(15)19-4)7-20(16)8-10-12(18-3)11(17-2)5-6-14-10/h5-6,9H,7-8H2,1-4H3. The highest BCUT2D eigenvalue weighted by Gasteiger charge is 2.19. The van der Waals surface area contributed by atoms with Crippen molar-refractivity contribution in [3.63, 3.8) is 0 Å². The van der Waals surface area contributed by atoms with Crippen LogP contribution in [0.1, 0.15) is 12.6 Å². The highest BCUT2D eigenvalue weighted by Crippen LogP contribution is 2.29. The largest absolute Gasteiger partial charge is 0.493 e. The molecule has 0 amide bonds. The maximum absolute atomic E-state index is 12.1. The third-order valence-corrected chi connectivity index (χ3v) is 4.17. The van der Waals surface area contributed by atoms with Crippen LogP contribution in [0, 0.1) is 5.92 Å². The Balaban J connectivity index is 2.78. The number of carbonyl (C=O) groups is 1. The lowest BCUT2D eigenvalue weighted by atomic mass is 10.2. The summed E-state index contributed by atoms with van der Waals surface area (Å²) in [5.74, 6) is 0.627. The zero-order valence-electron chi connectivity index (χ0n) is 12.0. The van der Waals surface area contributed by atoms with Crippen LogP contribution in [0.25, 0.3) is 0 Å². The Hall–Kier alpha value is -1.63. The van der Waals surface area contributed by atoms with Crippen LogP contribution in [0.2, 0.25) is 0 Å². The van der Waals surface area contributed by atoms with Gasteiger partial charge in [-0.05, 0) is 0 Å². The number of rotatable bonds is 7. The minimum Gasteiger partial charge on any atom is -0.493 e. The van der Waals surface area contributed by atoms with E-state index in [0.717, 1.165) is 0 Å². The maximum atomic E-state index is 12.1. The topological polar surface area (TPSA) is 74.7 Å². The summed E-state index contributed by atoms with van der Waals surface area (Å²) < 4.78 is 27.1. The fourth-order valence-corrected chi connectivity index (χ4v) is 3.04. The quantitative estimate of drug-likeness (QED) is 0.703. The van der Waals surface area contributed by atoms with Gasteiger partial charge in [-0.25, -0.2) is 0 Å². The summed E-state index contributed by atoms with van der Waals surface area (Å²) in [5.41, 5.74) is 0.544. The molecule has 0 bridgehead atoms. The van der Waals surface area contributed by atoms with Gasteiger partial charge in [0.1, 0.15) is 0 Å². The first kappa shape index (κ1) is 16.4. The number of aromatic nitrogens is 1. The molecule has 112 valence electrons. The normalized spacial score (nSPS) is 13.4. The summed E-state index contributed by atoms with van der Waals surface area (Å²) in [6, 6.07) is 1.67. The molecule has 0 aliphatic carbocycles. The van der Waals surface area contributed by atoms with Crippen molar-refractivity contribution in [1.29, 1.82) is 0 Å². The van der Waals surface area contributed by atoms with Crippen LogP contribution < -0.4 is 9.47 Å². The molecule has 2 atom stereocenters. The molecule has 0 saturated heterocycles. The van der Waals surface area contributed by atoms with E-state index >= 15 is 0 Å². The van der Waals surface area contributed by atoms with E-state index in [9.17, 15) is 9.00 Å². The average Bonchev–Trinajstić information content (AvgIpc) is 2.45. The Labute approximate surface area is 120 Å². The maximum Gasteiger partial charge on any atom is 0.309 e. The zero-order valence-corrected chi connectivity index (χ0v) is 12.9. The highest BCUT2D eigenvalue weighted by molar-refractivity contribution is 7.84. The first-order valence-electron chi connectivity index (χ1n) is 6.02. The number of carbonyl (C=O) groups excluding carboxylic acids is 1. The Morgan fingerprint density at radius 1 is 1.35 bits per heavy atom. The van der Waals surface area contributed by atoms with Crippen molar-refractivity contribution in [3.05, 3.63) is 18.0 Å². The Morgan fingerprint density at radius 2 is 2.05 bits per heavy atom. The van der Waals surface area contributed by atoms with Crippen molar-refractivity contribution in [2.24, 2.45) is 5.92 Å². The molecule has 0 radical (unpaired) electrons. The number of hydrogen-bond donors (Lipinski definition) is 0. The summed E-state index contributed by atoms with van der Waals surface area (Å²) in [7, 11) is 3.10. The van der Waals surface area contributed by atoms with Gasteiger partial charge in [0, 0.05) is 28.8 Å². The van der Waals surface area contributed by atoms with Gasteiger partial charge < -0.3 is 14.2 Å². The number of nitrogens with zero attached hydrogens (tertiary/aromatic N) is 1. The van der Waals surface area contributed by atoms with Crippen molar-refractivity contribution in [1.82, 2.24) is 4.98 Å². The Kier molecular flexibility index (Phi) is 6.44. The van der Waals surface area contributed by atoms with Gasteiger partial charge in [-0.2, -0.15) is 0 Å². The van der Waals surface area contributed by atoms with Gasteiger partial charge in [0.2, 0.25) is 0 Å². The molecule has 0 aromatic carbocycles. The van der Waals surface area contributed by atoms with E-state index in [4.69, 9.17) is 9.47 Å². The van der Waals surface area contributed by atoms with Crippen molar-refractivity contribution in [2.75, 3.05) is 27.1 Å². The number of ether oxygens (including phenoxy) is 3. The average molecular weight is 301 g/mol. The fraction of sp³-hybridized carbons (Fsp3) is 0.538. The van der Waals surface area contributed by atoms with Crippen LogP contribution in [-0.4, -0.2) is 42.2 Å². The van der Waals surface area contributed by atoms with Gasteiger partial charge in [-0.1, -0.05) is 6.92 Å². The monoisotopic (exact) mass is 301 g/mol.